The summed E-state index contributed by atoms with van der Waals surface area (Å²) >= 11 is 1.02. The second kappa shape index (κ2) is 10.8. The fraction of sp³-hybridized carbons (Fsp3) is 0.238. The summed E-state index contributed by atoms with van der Waals surface area (Å²) in [7, 11) is 0. The number of benzene rings is 2. The maximum atomic E-state index is 14.1. The molecule has 3 rings (SSSR count). The van der Waals surface area contributed by atoms with Gasteiger partial charge in [0.1, 0.15) is 11.6 Å². The first-order chi connectivity index (χ1) is 14.7. The molecule has 0 radical (unpaired) electrons. The molecule has 0 aliphatic heterocycles. The lowest BCUT2D eigenvalue weighted by Crippen LogP contribution is -2.26. The Morgan fingerprint density at radius 2 is 1.75 bits per heavy atom. The monoisotopic (exact) mass is 491 g/mol. The molecule has 172 valence electrons. The number of nitrogens with two attached hydrogens (primary N) is 1. The van der Waals surface area contributed by atoms with Crippen LogP contribution in [0.5, 0.6) is 0 Å². The van der Waals surface area contributed by atoms with Crippen LogP contribution in [0.3, 0.4) is 0 Å². The van der Waals surface area contributed by atoms with Crippen LogP contribution in [0.1, 0.15) is 24.8 Å². The summed E-state index contributed by atoms with van der Waals surface area (Å²) in [6.45, 7) is 0.402. The van der Waals surface area contributed by atoms with Crippen LogP contribution < -0.4 is 10.6 Å². The van der Waals surface area contributed by atoms with Gasteiger partial charge in [-0.1, -0.05) is 0 Å². The standard InChI is InChI=1S/C21H18F5N3OS.ClH/c22-14-6-9-16(17(23)11-14)18-12-31-20(28-18)29(19(30)3-1-2-10-27)15-7-4-13(5-8-15)21(24,25)26;/h4-9,11-12H,1-3,10,27H2;1H. The van der Waals surface area contributed by atoms with Crippen molar-refractivity contribution in [1.29, 1.82) is 0 Å². The molecule has 4 nitrogen and oxygen atoms in total. The van der Waals surface area contributed by atoms with Crippen molar-refractivity contribution < 1.29 is 26.7 Å². The van der Waals surface area contributed by atoms with Crippen molar-refractivity contribution in [2.24, 2.45) is 5.73 Å². The zero-order chi connectivity index (χ0) is 22.6. The molecule has 0 spiro atoms. The summed E-state index contributed by atoms with van der Waals surface area (Å²) < 4.78 is 66.0. The molecule has 1 aromatic heterocycles. The minimum absolute atomic E-state index is 0. The van der Waals surface area contributed by atoms with Gasteiger partial charge in [-0.05, 0) is 55.8 Å². The second-order valence-corrected chi connectivity index (χ2v) is 7.50. The van der Waals surface area contributed by atoms with E-state index in [0.29, 0.717) is 19.4 Å². The van der Waals surface area contributed by atoms with E-state index in [-0.39, 0.29) is 46.8 Å². The Morgan fingerprint density at radius 3 is 2.34 bits per heavy atom. The number of carbonyl (C=O) groups is 1. The van der Waals surface area contributed by atoms with Gasteiger partial charge in [0.05, 0.1) is 16.9 Å². The number of rotatable bonds is 7. The van der Waals surface area contributed by atoms with Crippen LogP contribution in [0.4, 0.5) is 32.8 Å². The number of hydrogen-bond donors (Lipinski definition) is 1. The molecule has 0 saturated carbocycles. The summed E-state index contributed by atoms with van der Waals surface area (Å²) in [4.78, 5) is 18.3. The highest BCUT2D eigenvalue weighted by Gasteiger charge is 2.31. The predicted molar refractivity (Wildman–Crippen MR) is 116 cm³/mol. The van der Waals surface area contributed by atoms with Gasteiger partial charge in [0, 0.05) is 23.4 Å². The van der Waals surface area contributed by atoms with E-state index in [0.717, 1.165) is 35.6 Å². The van der Waals surface area contributed by atoms with E-state index < -0.39 is 23.4 Å². The van der Waals surface area contributed by atoms with Gasteiger partial charge < -0.3 is 5.73 Å². The molecule has 0 saturated heterocycles. The summed E-state index contributed by atoms with van der Waals surface area (Å²) in [5.74, 6) is -1.93. The van der Waals surface area contributed by atoms with Crippen molar-refractivity contribution >= 4 is 40.5 Å². The second-order valence-electron chi connectivity index (χ2n) is 6.66. The normalized spacial score (nSPS) is 11.2. The molecule has 1 amide bonds. The van der Waals surface area contributed by atoms with E-state index in [9.17, 15) is 26.7 Å². The van der Waals surface area contributed by atoms with Crippen LogP contribution in [0, 0.1) is 11.6 Å². The van der Waals surface area contributed by atoms with Crippen LogP contribution in [0.2, 0.25) is 0 Å². The van der Waals surface area contributed by atoms with Crippen molar-refractivity contribution in [3.63, 3.8) is 0 Å². The van der Waals surface area contributed by atoms with E-state index in [2.05, 4.69) is 4.98 Å². The SMILES string of the molecule is Cl.NCCCCC(=O)N(c1ccc(C(F)(F)F)cc1)c1nc(-c2ccc(F)cc2F)cs1. The number of amides is 1. The van der Waals surface area contributed by atoms with Crippen LogP contribution in [0.25, 0.3) is 11.3 Å². The largest absolute Gasteiger partial charge is 0.416 e. The third kappa shape index (κ3) is 6.02. The van der Waals surface area contributed by atoms with Crippen molar-refractivity contribution in [1.82, 2.24) is 4.98 Å². The molecule has 0 aliphatic carbocycles. The quantitative estimate of drug-likeness (QED) is 0.310. The Bertz CT molecular complexity index is 1060. The van der Waals surface area contributed by atoms with E-state index in [1.54, 1.807) is 0 Å². The first kappa shape index (κ1) is 25.7. The highest BCUT2D eigenvalue weighted by molar-refractivity contribution is 7.14. The Hall–Kier alpha value is -2.56. The van der Waals surface area contributed by atoms with Crippen LogP contribution in [-0.2, 0) is 11.0 Å². The number of thiazole rings is 1. The maximum Gasteiger partial charge on any atom is 0.416 e. The topological polar surface area (TPSA) is 59.2 Å². The summed E-state index contributed by atoms with van der Waals surface area (Å²) in [5, 5.41) is 1.66. The number of hydrogen-bond acceptors (Lipinski definition) is 4. The number of carbonyl (C=O) groups excluding carboxylic acids is 1. The molecule has 0 unspecified atom stereocenters. The highest BCUT2D eigenvalue weighted by Crippen LogP contribution is 2.36. The zero-order valence-corrected chi connectivity index (χ0v) is 18.2. The Labute approximate surface area is 191 Å². The predicted octanol–water partition coefficient (Wildman–Crippen LogP) is 6.32. The van der Waals surface area contributed by atoms with Gasteiger partial charge in [-0.15, -0.1) is 23.7 Å². The highest BCUT2D eigenvalue weighted by atomic mass is 35.5. The van der Waals surface area contributed by atoms with Crippen molar-refractivity contribution in [2.75, 3.05) is 11.4 Å². The number of aromatic nitrogens is 1. The molecule has 2 aromatic carbocycles. The molecular formula is C21H19ClF5N3OS. The summed E-state index contributed by atoms with van der Waals surface area (Å²) in [6.07, 6.45) is -3.30. The van der Waals surface area contributed by atoms with E-state index in [1.165, 1.54) is 28.5 Å². The maximum absolute atomic E-state index is 14.1. The lowest BCUT2D eigenvalue weighted by molar-refractivity contribution is -0.137. The Balaban J connectivity index is 0.00000363. The minimum atomic E-state index is -4.51. The number of unbranched alkanes of at least 4 members (excludes halogenated alkanes) is 1. The average Bonchev–Trinajstić information content (AvgIpc) is 3.17. The molecule has 11 heteroatoms. The van der Waals surface area contributed by atoms with Gasteiger partial charge >= 0.3 is 6.18 Å². The number of halogens is 6. The Morgan fingerprint density at radius 1 is 1.06 bits per heavy atom. The van der Waals surface area contributed by atoms with Crippen LogP contribution in [-0.4, -0.2) is 17.4 Å². The minimum Gasteiger partial charge on any atom is -0.330 e. The van der Waals surface area contributed by atoms with Gasteiger partial charge in [0.15, 0.2) is 5.13 Å². The lowest BCUT2D eigenvalue weighted by Gasteiger charge is -2.20. The third-order valence-electron chi connectivity index (χ3n) is 4.44. The molecule has 0 atom stereocenters. The van der Waals surface area contributed by atoms with Gasteiger partial charge in [-0.2, -0.15) is 13.2 Å². The lowest BCUT2D eigenvalue weighted by atomic mass is 10.1. The van der Waals surface area contributed by atoms with E-state index in [4.69, 9.17) is 5.73 Å². The molecule has 0 bridgehead atoms. The molecule has 1 heterocycles. The van der Waals surface area contributed by atoms with Gasteiger partial charge in [-0.25, -0.2) is 13.8 Å². The summed E-state index contributed by atoms with van der Waals surface area (Å²) in [6, 6.07) is 7.16. The van der Waals surface area contributed by atoms with Crippen LogP contribution in [0.15, 0.2) is 47.8 Å². The molecule has 0 aliphatic rings. The number of alkyl halides is 3. The molecule has 32 heavy (non-hydrogen) atoms. The molecule has 0 fully saturated rings. The zero-order valence-electron chi connectivity index (χ0n) is 16.5. The van der Waals surface area contributed by atoms with Crippen molar-refractivity contribution in [3.05, 3.63) is 65.0 Å². The third-order valence-corrected chi connectivity index (χ3v) is 5.26. The molecule has 2 N–H and O–H groups in total. The average molecular weight is 492 g/mol. The van der Waals surface area contributed by atoms with Gasteiger partial charge in [-0.3, -0.25) is 9.69 Å². The van der Waals surface area contributed by atoms with Crippen LogP contribution >= 0.6 is 23.7 Å². The van der Waals surface area contributed by atoms with E-state index in [1.807, 2.05) is 0 Å². The fourth-order valence-corrected chi connectivity index (χ4v) is 3.74. The smallest absolute Gasteiger partial charge is 0.330 e. The van der Waals surface area contributed by atoms with Gasteiger partial charge in [0.2, 0.25) is 5.91 Å². The number of anilines is 2. The number of nitrogens with zero attached hydrogens (tertiary/aromatic N) is 2. The first-order valence-electron chi connectivity index (χ1n) is 9.32. The van der Waals surface area contributed by atoms with Crippen molar-refractivity contribution in [2.45, 2.75) is 25.4 Å². The fourth-order valence-electron chi connectivity index (χ4n) is 2.88. The van der Waals surface area contributed by atoms with Crippen molar-refractivity contribution in [3.8, 4) is 11.3 Å². The summed E-state index contributed by atoms with van der Waals surface area (Å²) in [5.41, 5.74) is 5.04. The first-order valence-corrected chi connectivity index (χ1v) is 10.2. The molecular weight excluding hydrogens is 473 g/mol. The van der Waals surface area contributed by atoms with Gasteiger partial charge in [0.25, 0.3) is 0 Å². The molecule has 3 aromatic rings. The Kier molecular flexibility index (Phi) is 8.71. The van der Waals surface area contributed by atoms with E-state index >= 15 is 0 Å².